The minimum absolute atomic E-state index is 0. The van der Waals surface area contributed by atoms with E-state index in [4.69, 9.17) is 0 Å². The Labute approximate surface area is 79.3 Å². The zero-order chi connectivity index (χ0) is 8.55. The van der Waals surface area contributed by atoms with E-state index in [2.05, 4.69) is 10.2 Å². The molecule has 1 N–H and O–H groups in total. The van der Waals surface area contributed by atoms with E-state index < -0.39 is 4.92 Å². The van der Waals surface area contributed by atoms with Gasteiger partial charge in [0.05, 0.1) is 16.6 Å². The summed E-state index contributed by atoms with van der Waals surface area (Å²) in [7, 11) is 0. The lowest BCUT2D eigenvalue weighted by Gasteiger charge is -1.89. The lowest BCUT2D eigenvalue weighted by atomic mass is 10.2. The molecule has 0 fully saturated rings. The second-order valence-corrected chi connectivity index (χ2v) is 2.40. The highest BCUT2D eigenvalue weighted by atomic mass is 35.5. The third-order valence-electron chi connectivity index (χ3n) is 1.63. The number of nitrogens with one attached hydrogen (secondary N) is 1. The van der Waals surface area contributed by atoms with Gasteiger partial charge in [0.15, 0.2) is 0 Å². The normalized spacial score (nSPS) is 9.54. The Balaban J connectivity index is 0.000000845. The predicted molar refractivity (Wildman–Crippen MR) is 50.0 cm³/mol. The fourth-order valence-corrected chi connectivity index (χ4v) is 1.04. The number of hydrogen-bond acceptors (Lipinski definition) is 3. The van der Waals surface area contributed by atoms with Crippen molar-refractivity contribution in [1.82, 2.24) is 10.2 Å². The predicted octanol–water partition coefficient (Wildman–Crippen LogP) is 1.89. The van der Waals surface area contributed by atoms with Crippen molar-refractivity contribution < 1.29 is 4.92 Å². The molecule has 0 aliphatic rings. The van der Waals surface area contributed by atoms with Gasteiger partial charge in [-0.3, -0.25) is 15.2 Å². The monoisotopic (exact) mass is 199 g/mol. The highest BCUT2D eigenvalue weighted by Crippen LogP contribution is 2.17. The topological polar surface area (TPSA) is 71.8 Å². The maximum atomic E-state index is 10.3. The molecule has 13 heavy (non-hydrogen) atoms. The average Bonchev–Trinajstić information content (AvgIpc) is 2.49. The molecule has 0 unspecified atom stereocenters. The molecular formula is C7H6ClN3O2. The minimum Gasteiger partial charge on any atom is -0.278 e. The Kier molecular flexibility index (Phi) is 2.48. The summed E-state index contributed by atoms with van der Waals surface area (Å²) in [5.41, 5.74) is 0.893. The van der Waals surface area contributed by atoms with Crippen molar-refractivity contribution >= 4 is 29.0 Å². The molecule has 0 atom stereocenters. The van der Waals surface area contributed by atoms with Gasteiger partial charge in [0.25, 0.3) is 5.69 Å². The summed E-state index contributed by atoms with van der Waals surface area (Å²) in [6, 6.07) is 4.57. The van der Waals surface area contributed by atoms with Gasteiger partial charge in [-0.05, 0) is 6.07 Å². The molecule has 1 aromatic carbocycles. The minimum atomic E-state index is -0.424. The van der Waals surface area contributed by atoms with E-state index in [1.165, 1.54) is 12.1 Å². The number of H-pyrrole nitrogens is 1. The number of aromatic amines is 1. The van der Waals surface area contributed by atoms with Crippen LogP contribution >= 0.6 is 12.4 Å². The molecule has 1 heterocycles. The first-order valence-electron chi connectivity index (χ1n) is 3.35. The standard InChI is InChI=1S/C7H5N3O2.ClH/c11-10(12)6-1-2-7-5(3-6)4-8-9-7;/h1-4H,(H,8,9);1H. The van der Waals surface area contributed by atoms with Gasteiger partial charge in [0.2, 0.25) is 0 Å². The van der Waals surface area contributed by atoms with Gasteiger partial charge >= 0.3 is 0 Å². The summed E-state index contributed by atoms with van der Waals surface area (Å²) in [6.07, 6.45) is 1.56. The van der Waals surface area contributed by atoms with Crippen LogP contribution in [0, 0.1) is 10.1 Å². The summed E-state index contributed by atoms with van der Waals surface area (Å²) in [4.78, 5) is 9.92. The first-order chi connectivity index (χ1) is 5.77. The van der Waals surface area contributed by atoms with Crippen LogP contribution in [0.4, 0.5) is 5.69 Å². The van der Waals surface area contributed by atoms with Gasteiger partial charge in [0, 0.05) is 17.5 Å². The zero-order valence-corrected chi connectivity index (χ0v) is 7.25. The van der Waals surface area contributed by atoms with Crippen molar-refractivity contribution in [3.05, 3.63) is 34.5 Å². The number of non-ortho nitro benzene ring substituents is 1. The number of nitro groups is 1. The molecule has 0 saturated heterocycles. The largest absolute Gasteiger partial charge is 0.278 e. The summed E-state index contributed by atoms with van der Waals surface area (Å²) in [6.45, 7) is 0. The number of benzene rings is 1. The van der Waals surface area contributed by atoms with Crippen molar-refractivity contribution in [2.24, 2.45) is 0 Å². The van der Waals surface area contributed by atoms with Crippen molar-refractivity contribution in [1.29, 1.82) is 0 Å². The van der Waals surface area contributed by atoms with Gasteiger partial charge < -0.3 is 0 Å². The fourth-order valence-electron chi connectivity index (χ4n) is 1.04. The van der Waals surface area contributed by atoms with E-state index in [-0.39, 0.29) is 18.1 Å². The number of hydrogen-bond donors (Lipinski definition) is 1. The Morgan fingerprint density at radius 1 is 1.46 bits per heavy atom. The van der Waals surface area contributed by atoms with Crippen LogP contribution in [-0.4, -0.2) is 15.1 Å². The number of halogens is 1. The van der Waals surface area contributed by atoms with E-state index in [0.29, 0.717) is 0 Å². The number of nitrogens with zero attached hydrogens (tertiary/aromatic N) is 2. The first-order valence-corrected chi connectivity index (χ1v) is 3.35. The fraction of sp³-hybridized carbons (Fsp3) is 0. The van der Waals surface area contributed by atoms with E-state index in [1.54, 1.807) is 12.3 Å². The molecule has 0 bridgehead atoms. The molecule has 5 nitrogen and oxygen atoms in total. The molecule has 0 radical (unpaired) electrons. The molecule has 68 valence electrons. The SMILES string of the molecule is Cl.O=[N+]([O-])c1ccc2[nH]ncc2c1. The van der Waals surface area contributed by atoms with Crippen LogP contribution in [0.15, 0.2) is 24.4 Å². The Morgan fingerprint density at radius 3 is 2.92 bits per heavy atom. The van der Waals surface area contributed by atoms with Crippen LogP contribution in [0.5, 0.6) is 0 Å². The second kappa shape index (κ2) is 3.40. The summed E-state index contributed by atoms with van der Waals surface area (Å²) < 4.78 is 0. The molecule has 0 spiro atoms. The van der Waals surface area contributed by atoms with Crippen molar-refractivity contribution in [2.75, 3.05) is 0 Å². The lowest BCUT2D eigenvalue weighted by molar-refractivity contribution is -0.384. The maximum Gasteiger partial charge on any atom is 0.270 e. The molecule has 1 aromatic heterocycles. The van der Waals surface area contributed by atoms with Crippen LogP contribution in [0.25, 0.3) is 10.9 Å². The molecule has 2 rings (SSSR count). The summed E-state index contributed by atoms with van der Waals surface area (Å²) in [5.74, 6) is 0. The maximum absolute atomic E-state index is 10.3. The molecule has 0 amide bonds. The number of aromatic nitrogens is 2. The molecular weight excluding hydrogens is 194 g/mol. The van der Waals surface area contributed by atoms with Gasteiger partial charge in [-0.2, -0.15) is 5.10 Å². The first kappa shape index (κ1) is 9.47. The molecule has 0 aliphatic heterocycles. The van der Waals surface area contributed by atoms with E-state index >= 15 is 0 Å². The van der Waals surface area contributed by atoms with Crippen molar-refractivity contribution in [3.8, 4) is 0 Å². The van der Waals surface area contributed by atoms with Gasteiger partial charge in [-0.1, -0.05) is 0 Å². The Hall–Kier alpha value is -1.62. The average molecular weight is 200 g/mol. The number of rotatable bonds is 1. The number of nitro benzene ring substituents is 1. The van der Waals surface area contributed by atoms with E-state index in [9.17, 15) is 10.1 Å². The Bertz CT molecular complexity index is 440. The Morgan fingerprint density at radius 2 is 2.23 bits per heavy atom. The van der Waals surface area contributed by atoms with Crippen molar-refractivity contribution in [2.45, 2.75) is 0 Å². The molecule has 6 heteroatoms. The van der Waals surface area contributed by atoms with Gasteiger partial charge in [-0.25, -0.2) is 0 Å². The molecule has 0 aliphatic carbocycles. The highest BCUT2D eigenvalue weighted by Gasteiger charge is 2.05. The lowest BCUT2D eigenvalue weighted by Crippen LogP contribution is -1.86. The van der Waals surface area contributed by atoms with E-state index in [1.807, 2.05) is 0 Å². The van der Waals surface area contributed by atoms with Crippen LogP contribution < -0.4 is 0 Å². The molecule has 0 saturated carbocycles. The third-order valence-corrected chi connectivity index (χ3v) is 1.63. The smallest absolute Gasteiger partial charge is 0.270 e. The van der Waals surface area contributed by atoms with Crippen molar-refractivity contribution in [3.63, 3.8) is 0 Å². The zero-order valence-electron chi connectivity index (χ0n) is 6.43. The number of fused-ring (bicyclic) bond motifs is 1. The summed E-state index contributed by atoms with van der Waals surface area (Å²) in [5, 5.41) is 17.6. The van der Waals surface area contributed by atoms with Crippen LogP contribution in [0.2, 0.25) is 0 Å². The van der Waals surface area contributed by atoms with E-state index in [0.717, 1.165) is 10.9 Å². The molecule has 2 aromatic rings. The van der Waals surface area contributed by atoms with Gasteiger partial charge in [-0.15, -0.1) is 12.4 Å². The highest BCUT2D eigenvalue weighted by molar-refractivity contribution is 5.85. The van der Waals surface area contributed by atoms with Crippen LogP contribution in [-0.2, 0) is 0 Å². The summed E-state index contributed by atoms with van der Waals surface area (Å²) >= 11 is 0. The second-order valence-electron chi connectivity index (χ2n) is 2.40. The quantitative estimate of drug-likeness (QED) is 0.563. The van der Waals surface area contributed by atoms with Crippen LogP contribution in [0.1, 0.15) is 0 Å². The third kappa shape index (κ3) is 1.59. The van der Waals surface area contributed by atoms with Gasteiger partial charge in [0.1, 0.15) is 0 Å². The van der Waals surface area contributed by atoms with Crippen LogP contribution in [0.3, 0.4) is 0 Å².